The predicted molar refractivity (Wildman–Crippen MR) is 49.0 cm³/mol. The molecular weight excluding hydrogens is 154 g/mol. The highest BCUT2D eigenvalue weighted by molar-refractivity contribution is 5.75. The third-order valence-corrected chi connectivity index (χ3v) is 1.30. The van der Waals surface area contributed by atoms with E-state index in [-0.39, 0.29) is 5.91 Å². The molecule has 0 bridgehead atoms. The summed E-state index contributed by atoms with van der Waals surface area (Å²) >= 11 is 0. The predicted octanol–water partition coefficient (Wildman–Crippen LogP) is 1.19. The lowest BCUT2D eigenvalue weighted by Crippen LogP contribution is -2.24. The molecule has 0 heterocycles. The van der Waals surface area contributed by atoms with E-state index in [1.807, 2.05) is 6.92 Å². The van der Waals surface area contributed by atoms with Crippen molar-refractivity contribution in [3.63, 3.8) is 0 Å². The average molecular weight is 173 g/mol. The van der Waals surface area contributed by atoms with E-state index < -0.39 is 0 Å². The molecule has 3 nitrogen and oxygen atoms in total. The van der Waals surface area contributed by atoms with Gasteiger partial charge in [-0.05, 0) is 12.8 Å². The second kappa shape index (κ2) is 7.10. The summed E-state index contributed by atoms with van der Waals surface area (Å²) in [5.74, 6) is 0.612. The van der Waals surface area contributed by atoms with Crippen LogP contribution in [-0.4, -0.2) is 25.7 Å². The zero-order chi connectivity index (χ0) is 9.40. The molecule has 0 fully saturated rings. The van der Waals surface area contributed by atoms with Crippen LogP contribution in [0.15, 0.2) is 0 Å². The molecule has 3 heteroatoms. The molecule has 0 aliphatic carbocycles. The largest absolute Gasteiger partial charge is 0.381 e. The molecule has 0 aromatic rings. The molecule has 72 valence electrons. The Labute approximate surface area is 74.5 Å². The fraction of sp³-hybridized carbons (Fsp3) is 0.889. The van der Waals surface area contributed by atoms with Crippen LogP contribution in [0.5, 0.6) is 0 Å². The third kappa shape index (κ3) is 7.54. The van der Waals surface area contributed by atoms with Gasteiger partial charge in [0.25, 0.3) is 0 Å². The fourth-order valence-corrected chi connectivity index (χ4v) is 0.769. The normalized spacial score (nSPS) is 10.3. The van der Waals surface area contributed by atoms with Gasteiger partial charge < -0.3 is 10.1 Å². The molecule has 1 amide bonds. The summed E-state index contributed by atoms with van der Waals surface area (Å²) in [5, 5.41) is 2.71. The SMILES string of the molecule is CCNC(=O)CCOCC(C)C. The molecule has 12 heavy (non-hydrogen) atoms. The number of carbonyl (C=O) groups excluding carboxylic acids is 1. The first-order valence-electron chi connectivity index (χ1n) is 4.51. The topological polar surface area (TPSA) is 38.3 Å². The molecule has 0 unspecified atom stereocenters. The van der Waals surface area contributed by atoms with E-state index in [1.165, 1.54) is 0 Å². The minimum atomic E-state index is 0.0706. The van der Waals surface area contributed by atoms with Crippen LogP contribution in [0.4, 0.5) is 0 Å². The lowest BCUT2D eigenvalue weighted by atomic mass is 10.2. The van der Waals surface area contributed by atoms with Crippen LogP contribution in [0.1, 0.15) is 27.2 Å². The first-order valence-corrected chi connectivity index (χ1v) is 4.51. The maximum Gasteiger partial charge on any atom is 0.222 e. The van der Waals surface area contributed by atoms with Gasteiger partial charge in [0.2, 0.25) is 5.91 Å². The number of rotatable bonds is 6. The lowest BCUT2D eigenvalue weighted by Gasteiger charge is -2.06. The van der Waals surface area contributed by atoms with Gasteiger partial charge in [-0.15, -0.1) is 0 Å². The van der Waals surface area contributed by atoms with Gasteiger partial charge in [0.15, 0.2) is 0 Å². The van der Waals surface area contributed by atoms with Crippen LogP contribution in [0.2, 0.25) is 0 Å². The molecule has 1 N–H and O–H groups in total. The number of hydrogen-bond acceptors (Lipinski definition) is 2. The summed E-state index contributed by atoms with van der Waals surface area (Å²) in [4.78, 5) is 10.9. The Morgan fingerprint density at radius 3 is 2.67 bits per heavy atom. The van der Waals surface area contributed by atoms with Crippen molar-refractivity contribution in [1.29, 1.82) is 0 Å². The first kappa shape index (κ1) is 11.4. The minimum absolute atomic E-state index is 0.0706. The van der Waals surface area contributed by atoms with Crippen LogP contribution in [-0.2, 0) is 9.53 Å². The highest BCUT2D eigenvalue weighted by Gasteiger charge is 1.99. The molecule has 0 saturated heterocycles. The van der Waals surface area contributed by atoms with Crippen LogP contribution in [0, 0.1) is 5.92 Å². The van der Waals surface area contributed by atoms with E-state index in [9.17, 15) is 4.79 Å². The van der Waals surface area contributed by atoms with Crippen molar-refractivity contribution in [3.8, 4) is 0 Å². The van der Waals surface area contributed by atoms with Gasteiger partial charge in [-0.25, -0.2) is 0 Å². The van der Waals surface area contributed by atoms with Gasteiger partial charge in [-0.3, -0.25) is 4.79 Å². The van der Waals surface area contributed by atoms with Gasteiger partial charge in [0, 0.05) is 19.6 Å². The fourth-order valence-electron chi connectivity index (χ4n) is 0.769. The molecule has 0 aliphatic heterocycles. The summed E-state index contributed by atoms with van der Waals surface area (Å²) in [6, 6.07) is 0. The van der Waals surface area contributed by atoms with Crippen LogP contribution in [0.3, 0.4) is 0 Å². The van der Waals surface area contributed by atoms with E-state index in [0.717, 1.165) is 6.61 Å². The summed E-state index contributed by atoms with van der Waals surface area (Å²) in [5.41, 5.74) is 0. The molecule has 0 aromatic heterocycles. The van der Waals surface area contributed by atoms with Crippen molar-refractivity contribution in [2.45, 2.75) is 27.2 Å². The number of carbonyl (C=O) groups is 1. The molecule has 0 saturated carbocycles. The van der Waals surface area contributed by atoms with Crippen molar-refractivity contribution in [1.82, 2.24) is 5.32 Å². The molecule has 0 spiro atoms. The highest BCUT2D eigenvalue weighted by Crippen LogP contribution is 1.93. The van der Waals surface area contributed by atoms with Gasteiger partial charge in [-0.2, -0.15) is 0 Å². The maximum absolute atomic E-state index is 10.9. The van der Waals surface area contributed by atoms with Gasteiger partial charge in [0.1, 0.15) is 0 Å². The Hall–Kier alpha value is -0.570. The zero-order valence-electron chi connectivity index (χ0n) is 8.22. The minimum Gasteiger partial charge on any atom is -0.381 e. The molecular formula is C9H19NO2. The second-order valence-electron chi connectivity index (χ2n) is 3.17. The third-order valence-electron chi connectivity index (χ3n) is 1.30. The molecule has 0 aliphatic rings. The van der Waals surface area contributed by atoms with Crippen LogP contribution < -0.4 is 5.32 Å². The Kier molecular flexibility index (Phi) is 6.76. The number of nitrogens with one attached hydrogen (secondary N) is 1. The molecule has 0 rings (SSSR count). The first-order chi connectivity index (χ1) is 5.66. The maximum atomic E-state index is 10.9. The van der Waals surface area contributed by atoms with E-state index in [0.29, 0.717) is 25.5 Å². The Bertz CT molecular complexity index is 124. The second-order valence-corrected chi connectivity index (χ2v) is 3.17. The molecule has 0 atom stereocenters. The molecule has 0 radical (unpaired) electrons. The summed E-state index contributed by atoms with van der Waals surface area (Å²) in [6.45, 7) is 8.05. The highest BCUT2D eigenvalue weighted by atomic mass is 16.5. The number of ether oxygens (including phenoxy) is 1. The number of hydrogen-bond donors (Lipinski definition) is 1. The van der Waals surface area contributed by atoms with Gasteiger partial charge >= 0.3 is 0 Å². The van der Waals surface area contributed by atoms with Crippen molar-refractivity contribution in [3.05, 3.63) is 0 Å². The van der Waals surface area contributed by atoms with E-state index in [1.54, 1.807) is 0 Å². The standard InChI is InChI=1S/C9H19NO2/c1-4-10-9(11)5-6-12-7-8(2)3/h8H,4-7H2,1-3H3,(H,10,11). The quantitative estimate of drug-likeness (QED) is 0.613. The van der Waals surface area contributed by atoms with Gasteiger partial charge in [-0.1, -0.05) is 13.8 Å². The molecule has 0 aromatic carbocycles. The van der Waals surface area contributed by atoms with E-state index in [4.69, 9.17) is 4.74 Å². The monoisotopic (exact) mass is 173 g/mol. The summed E-state index contributed by atoms with van der Waals surface area (Å²) in [7, 11) is 0. The Balaban J connectivity index is 3.14. The van der Waals surface area contributed by atoms with E-state index in [2.05, 4.69) is 19.2 Å². The summed E-state index contributed by atoms with van der Waals surface area (Å²) in [6.07, 6.45) is 0.473. The van der Waals surface area contributed by atoms with Crippen molar-refractivity contribution >= 4 is 5.91 Å². The van der Waals surface area contributed by atoms with E-state index >= 15 is 0 Å². The Morgan fingerprint density at radius 2 is 2.17 bits per heavy atom. The summed E-state index contributed by atoms with van der Waals surface area (Å²) < 4.78 is 5.25. The Morgan fingerprint density at radius 1 is 1.50 bits per heavy atom. The smallest absolute Gasteiger partial charge is 0.222 e. The van der Waals surface area contributed by atoms with Crippen LogP contribution >= 0.6 is 0 Å². The van der Waals surface area contributed by atoms with Crippen molar-refractivity contribution in [2.24, 2.45) is 5.92 Å². The van der Waals surface area contributed by atoms with Crippen molar-refractivity contribution < 1.29 is 9.53 Å². The number of amides is 1. The van der Waals surface area contributed by atoms with Crippen molar-refractivity contribution in [2.75, 3.05) is 19.8 Å². The van der Waals surface area contributed by atoms with Gasteiger partial charge in [0.05, 0.1) is 6.61 Å². The van der Waals surface area contributed by atoms with Crippen LogP contribution in [0.25, 0.3) is 0 Å². The zero-order valence-corrected chi connectivity index (χ0v) is 8.22. The lowest BCUT2D eigenvalue weighted by molar-refractivity contribution is -0.122. The average Bonchev–Trinajstić information content (AvgIpc) is 1.98.